The topological polar surface area (TPSA) is 76.1 Å². The lowest BCUT2D eigenvalue weighted by molar-refractivity contribution is 0.251. The Bertz CT molecular complexity index is 851. The Morgan fingerprint density at radius 2 is 1.81 bits per heavy atom. The monoisotopic (exact) mass is 348 g/mol. The van der Waals surface area contributed by atoms with Crippen LogP contribution in [-0.4, -0.2) is 22.6 Å². The number of benzene rings is 1. The first-order chi connectivity index (χ1) is 12.8. The van der Waals surface area contributed by atoms with Gasteiger partial charge < -0.3 is 15.4 Å². The molecule has 3 aromatic rings. The Labute approximate surface area is 152 Å². The molecule has 2 amide bonds. The summed E-state index contributed by atoms with van der Waals surface area (Å²) in [4.78, 5) is 20.6. The maximum Gasteiger partial charge on any atom is 0.319 e. The number of hydrogen-bond acceptors (Lipinski definition) is 4. The number of nitrogens with one attached hydrogen (secondary N) is 2. The molecular weight excluding hydrogens is 328 g/mol. The van der Waals surface area contributed by atoms with Crippen LogP contribution in [0.4, 0.5) is 10.5 Å². The van der Waals surface area contributed by atoms with Crippen LogP contribution in [0.15, 0.2) is 67.1 Å². The summed E-state index contributed by atoms with van der Waals surface area (Å²) in [5, 5.41) is 5.67. The molecule has 132 valence electrons. The SMILES string of the molecule is CCOc1ccc(NC(=O)NCc2cccnc2-c2ccncc2)cc1. The van der Waals surface area contributed by atoms with Crippen LogP contribution < -0.4 is 15.4 Å². The number of pyridine rings is 2. The van der Waals surface area contributed by atoms with E-state index in [0.717, 1.165) is 22.6 Å². The molecule has 1 aromatic carbocycles. The van der Waals surface area contributed by atoms with Crippen molar-refractivity contribution in [2.45, 2.75) is 13.5 Å². The number of urea groups is 1. The second-order valence-electron chi connectivity index (χ2n) is 5.51. The first-order valence-corrected chi connectivity index (χ1v) is 8.38. The standard InChI is InChI=1S/C20H20N4O2/c1-2-26-18-7-5-17(6-8-18)24-20(25)23-14-16-4-3-11-22-19(16)15-9-12-21-13-10-15/h3-13H,2,14H2,1H3,(H2,23,24,25). The molecule has 0 fully saturated rings. The average molecular weight is 348 g/mol. The van der Waals surface area contributed by atoms with Gasteiger partial charge in [0.25, 0.3) is 0 Å². The van der Waals surface area contributed by atoms with Crippen LogP contribution in [0.1, 0.15) is 12.5 Å². The number of carbonyl (C=O) groups excluding carboxylic acids is 1. The Morgan fingerprint density at radius 1 is 1.04 bits per heavy atom. The minimum atomic E-state index is -0.279. The maximum absolute atomic E-state index is 12.2. The third kappa shape index (κ3) is 4.57. The molecule has 0 atom stereocenters. The van der Waals surface area contributed by atoms with Gasteiger partial charge in [-0.05, 0) is 55.0 Å². The van der Waals surface area contributed by atoms with Gasteiger partial charge in [0.1, 0.15) is 5.75 Å². The molecule has 2 heterocycles. The normalized spacial score (nSPS) is 10.2. The predicted octanol–water partition coefficient (Wildman–Crippen LogP) is 3.86. The second-order valence-corrected chi connectivity index (χ2v) is 5.51. The molecule has 0 aliphatic rings. The maximum atomic E-state index is 12.2. The number of amides is 2. The van der Waals surface area contributed by atoms with Gasteiger partial charge in [-0.3, -0.25) is 9.97 Å². The molecule has 2 aromatic heterocycles. The Balaban J connectivity index is 1.61. The minimum absolute atomic E-state index is 0.279. The van der Waals surface area contributed by atoms with Gasteiger partial charge in [0.05, 0.1) is 12.3 Å². The van der Waals surface area contributed by atoms with E-state index in [-0.39, 0.29) is 6.03 Å². The molecule has 3 rings (SSSR count). The van der Waals surface area contributed by atoms with E-state index in [9.17, 15) is 4.79 Å². The van der Waals surface area contributed by atoms with Crippen molar-refractivity contribution in [1.82, 2.24) is 15.3 Å². The van der Waals surface area contributed by atoms with Gasteiger partial charge in [0, 0.05) is 36.4 Å². The van der Waals surface area contributed by atoms with Crippen molar-refractivity contribution in [1.29, 1.82) is 0 Å². The fourth-order valence-electron chi connectivity index (χ4n) is 2.50. The van der Waals surface area contributed by atoms with E-state index < -0.39 is 0 Å². The Morgan fingerprint density at radius 3 is 2.54 bits per heavy atom. The second kappa shape index (κ2) is 8.62. The zero-order valence-corrected chi connectivity index (χ0v) is 14.5. The number of carbonyl (C=O) groups is 1. The number of anilines is 1. The van der Waals surface area contributed by atoms with Crippen LogP contribution in [-0.2, 0) is 6.54 Å². The first kappa shape index (κ1) is 17.4. The number of rotatable bonds is 6. The van der Waals surface area contributed by atoms with E-state index in [0.29, 0.717) is 18.8 Å². The predicted molar refractivity (Wildman–Crippen MR) is 101 cm³/mol. The van der Waals surface area contributed by atoms with Crippen molar-refractivity contribution < 1.29 is 9.53 Å². The summed E-state index contributed by atoms with van der Waals surface area (Å²) in [7, 11) is 0. The Kier molecular flexibility index (Phi) is 5.77. The van der Waals surface area contributed by atoms with Crippen molar-refractivity contribution in [3.63, 3.8) is 0 Å². The lowest BCUT2D eigenvalue weighted by Gasteiger charge is -2.11. The number of ether oxygens (including phenoxy) is 1. The third-order valence-corrected chi connectivity index (χ3v) is 3.71. The van der Waals surface area contributed by atoms with Crippen LogP contribution in [0.3, 0.4) is 0 Å². The number of hydrogen-bond donors (Lipinski definition) is 2. The molecule has 2 N–H and O–H groups in total. The van der Waals surface area contributed by atoms with Crippen molar-refractivity contribution in [2.24, 2.45) is 0 Å². The summed E-state index contributed by atoms with van der Waals surface area (Å²) >= 11 is 0. The molecule has 0 aliphatic carbocycles. The van der Waals surface area contributed by atoms with Gasteiger partial charge in [-0.2, -0.15) is 0 Å². The molecule has 0 saturated heterocycles. The molecule has 26 heavy (non-hydrogen) atoms. The quantitative estimate of drug-likeness (QED) is 0.709. The smallest absolute Gasteiger partial charge is 0.319 e. The van der Waals surface area contributed by atoms with Gasteiger partial charge in [-0.15, -0.1) is 0 Å². The van der Waals surface area contributed by atoms with E-state index in [1.165, 1.54) is 0 Å². The van der Waals surface area contributed by atoms with Gasteiger partial charge >= 0.3 is 6.03 Å². The summed E-state index contributed by atoms with van der Waals surface area (Å²) in [5.41, 5.74) is 3.42. The molecule has 0 spiro atoms. The summed E-state index contributed by atoms with van der Waals surface area (Å²) in [6.45, 7) is 2.91. The largest absolute Gasteiger partial charge is 0.494 e. The van der Waals surface area contributed by atoms with Crippen LogP contribution in [0, 0.1) is 0 Å². The summed E-state index contributed by atoms with van der Waals surface area (Å²) < 4.78 is 5.39. The fourth-order valence-corrected chi connectivity index (χ4v) is 2.50. The number of aromatic nitrogens is 2. The highest BCUT2D eigenvalue weighted by molar-refractivity contribution is 5.89. The van der Waals surface area contributed by atoms with E-state index in [1.807, 2.05) is 43.3 Å². The van der Waals surface area contributed by atoms with Gasteiger partial charge in [0.2, 0.25) is 0 Å². The van der Waals surface area contributed by atoms with Crippen LogP contribution in [0.25, 0.3) is 11.3 Å². The van der Waals surface area contributed by atoms with Crippen LogP contribution >= 0.6 is 0 Å². The van der Waals surface area contributed by atoms with Gasteiger partial charge in [0.15, 0.2) is 0 Å². The number of nitrogens with zero attached hydrogens (tertiary/aromatic N) is 2. The van der Waals surface area contributed by atoms with Gasteiger partial charge in [-0.25, -0.2) is 4.79 Å². The summed E-state index contributed by atoms with van der Waals surface area (Å²) in [6.07, 6.45) is 5.18. The van der Waals surface area contributed by atoms with Crippen molar-refractivity contribution in [2.75, 3.05) is 11.9 Å². The first-order valence-electron chi connectivity index (χ1n) is 8.38. The molecule has 0 bridgehead atoms. The van der Waals surface area contributed by atoms with Crippen LogP contribution in [0.5, 0.6) is 5.75 Å². The summed E-state index contributed by atoms with van der Waals surface area (Å²) in [5.74, 6) is 0.774. The lowest BCUT2D eigenvalue weighted by atomic mass is 10.1. The fraction of sp³-hybridized carbons (Fsp3) is 0.150. The Hall–Kier alpha value is -3.41. The highest BCUT2D eigenvalue weighted by Gasteiger charge is 2.08. The van der Waals surface area contributed by atoms with E-state index in [4.69, 9.17) is 4.74 Å². The zero-order chi connectivity index (χ0) is 18.2. The summed E-state index contributed by atoms with van der Waals surface area (Å²) in [6, 6.07) is 14.6. The average Bonchev–Trinajstić information content (AvgIpc) is 2.69. The van der Waals surface area contributed by atoms with E-state index >= 15 is 0 Å². The van der Waals surface area contributed by atoms with E-state index in [1.54, 1.807) is 30.7 Å². The lowest BCUT2D eigenvalue weighted by Crippen LogP contribution is -2.28. The van der Waals surface area contributed by atoms with Gasteiger partial charge in [-0.1, -0.05) is 6.07 Å². The molecule has 0 saturated carbocycles. The highest BCUT2D eigenvalue weighted by atomic mass is 16.5. The zero-order valence-electron chi connectivity index (χ0n) is 14.5. The third-order valence-electron chi connectivity index (χ3n) is 3.71. The van der Waals surface area contributed by atoms with Crippen molar-refractivity contribution in [3.8, 4) is 17.0 Å². The van der Waals surface area contributed by atoms with Crippen LogP contribution in [0.2, 0.25) is 0 Å². The van der Waals surface area contributed by atoms with E-state index in [2.05, 4.69) is 20.6 Å². The highest BCUT2D eigenvalue weighted by Crippen LogP contribution is 2.20. The molecule has 6 nitrogen and oxygen atoms in total. The van der Waals surface area contributed by atoms with Crippen molar-refractivity contribution >= 4 is 11.7 Å². The molecule has 0 radical (unpaired) electrons. The molecule has 0 unspecified atom stereocenters. The minimum Gasteiger partial charge on any atom is -0.494 e. The molecular formula is C20H20N4O2. The van der Waals surface area contributed by atoms with Crippen molar-refractivity contribution in [3.05, 3.63) is 72.7 Å². The molecule has 6 heteroatoms. The molecule has 0 aliphatic heterocycles.